The van der Waals surface area contributed by atoms with E-state index in [4.69, 9.17) is 43.0 Å². The molecule has 2 saturated heterocycles. The molecule has 2 aliphatic rings. The number of primary sulfonamides is 2. The van der Waals surface area contributed by atoms with E-state index in [1.54, 1.807) is 37.7 Å². The SMILES string of the molecule is COc1ccc(CSCC(C)C(=O)N2CC(SCCNC(=O)c3ccc(Cl)c(S(N)(=O)=O)c3)C[C@H]2C(=O)O)cc1.COc1ccc(CSCC(C)C(=O)N2CC(SCCNC(=O)c3ccc(Cl)c(S(N)(=O)=O)c3)C[C@H]2C(=O)O)cc1. The van der Waals surface area contributed by atoms with Crippen molar-refractivity contribution >= 4 is 126 Å². The van der Waals surface area contributed by atoms with Crippen LogP contribution in [0.1, 0.15) is 58.5 Å². The van der Waals surface area contributed by atoms with Crippen LogP contribution in [0, 0.1) is 11.8 Å². The van der Waals surface area contributed by atoms with Gasteiger partial charge in [-0.25, -0.2) is 36.7 Å². The second-order valence-corrected chi connectivity index (χ2v) is 27.3. The lowest BCUT2D eigenvalue weighted by Crippen LogP contribution is -2.43. The van der Waals surface area contributed by atoms with Crippen molar-refractivity contribution in [3.63, 3.8) is 0 Å². The van der Waals surface area contributed by atoms with Crippen molar-refractivity contribution in [2.75, 3.05) is 63.4 Å². The molecule has 6 atom stereocenters. The van der Waals surface area contributed by atoms with Crippen molar-refractivity contribution in [1.29, 1.82) is 0 Å². The zero-order valence-electron chi connectivity index (χ0n) is 44.1. The number of aliphatic carboxylic acids is 2. The van der Waals surface area contributed by atoms with Gasteiger partial charge in [-0.2, -0.15) is 47.0 Å². The van der Waals surface area contributed by atoms with Gasteiger partial charge < -0.3 is 40.1 Å². The Hall–Kier alpha value is -4.90. The Morgan fingerprint density at radius 2 is 0.963 bits per heavy atom. The lowest BCUT2D eigenvalue weighted by molar-refractivity contribution is -0.149. The number of hydrogen-bond acceptors (Lipinski definition) is 16. The van der Waals surface area contributed by atoms with Gasteiger partial charge in [0.2, 0.25) is 31.9 Å². The highest BCUT2D eigenvalue weighted by atomic mass is 35.5. The van der Waals surface area contributed by atoms with Crippen LogP contribution in [0.15, 0.2) is 94.7 Å². The van der Waals surface area contributed by atoms with Crippen LogP contribution >= 0.6 is 70.2 Å². The highest BCUT2D eigenvalue weighted by Gasteiger charge is 2.42. The number of carbonyl (C=O) groups is 6. The molecule has 20 nitrogen and oxygen atoms in total. The van der Waals surface area contributed by atoms with Gasteiger partial charge in [0, 0.05) is 94.2 Å². The number of nitrogens with zero attached hydrogens (tertiary/aromatic N) is 2. The first kappa shape index (κ1) is 65.9. The number of halogens is 2. The van der Waals surface area contributed by atoms with Crippen LogP contribution in [0.4, 0.5) is 0 Å². The van der Waals surface area contributed by atoms with Crippen molar-refractivity contribution in [2.45, 2.75) is 70.6 Å². The van der Waals surface area contributed by atoms with Crippen molar-refractivity contribution in [2.24, 2.45) is 22.1 Å². The lowest BCUT2D eigenvalue weighted by Gasteiger charge is -2.25. The Morgan fingerprint density at radius 1 is 0.613 bits per heavy atom. The fourth-order valence-corrected chi connectivity index (χ4v) is 14.9. The van der Waals surface area contributed by atoms with Gasteiger partial charge >= 0.3 is 11.9 Å². The van der Waals surface area contributed by atoms with Gasteiger partial charge in [-0.15, -0.1) is 0 Å². The van der Waals surface area contributed by atoms with Crippen LogP contribution in [-0.4, -0.2) is 158 Å². The minimum atomic E-state index is -4.08. The summed E-state index contributed by atoms with van der Waals surface area (Å²) in [6.07, 6.45) is 0.639. The first-order valence-electron chi connectivity index (χ1n) is 24.7. The van der Waals surface area contributed by atoms with E-state index in [0.717, 1.165) is 46.3 Å². The fourth-order valence-electron chi connectivity index (χ4n) is 8.36. The van der Waals surface area contributed by atoms with Gasteiger partial charge in [0.25, 0.3) is 11.8 Å². The van der Waals surface area contributed by atoms with E-state index < -0.39 is 55.9 Å². The highest BCUT2D eigenvalue weighted by Crippen LogP contribution is 2.32. The number of hydrogen-bond donors (Lipinski definition) is 6. The normalized spacial score (nSPS) is 17.9. The summed E-state index contributed by atoms with van der Waals surface area (Å²) >= 11 is 17.9. The molecule has 0 bridgehead atoms. The smallest absolute Gasteiger partial charge is 0.326 e. The van der Waals surface area contributed by atoms with Gasteiger partial charge in [0.1, 0.15) is 33.4 Å². The topological polar surface area (TPSA) is 312 Å². The molecule has 80 heavy (non-hydrogen) atoms. The number of ether oxygens (including phenoxy) is 2. The van der Waals surface area contributed by atoms with E-state index in [1.807, 2.05) is 62.4 Å². The Balaban J connectivity index is 0.000000294. The Morgan fingerprint density at radius 3 is 1.27 bits per heavy atom. The van der Waals surface area contributed by atoms with Crippen LogP contribution in [0.25, 0.3) is 0 Å². The third-order valence-corrected chi connectivity index (χ3v) is 20.4. The molecule has 436 valence electrons. The van der Waals surface area contributed by atoms with E-state index in [-0.39, 0.29) is 78.2 Å². The van der Waals surface area contributed by atoms with Crippen molar-refractivity contribution < 1.29 is 65.3 Å². The number of rotatable bonds is 26. The summed E-state index contributed by atoms with van der Waals surface area (Å²) in [4.78, 5) is 77.2. The largest absolute Gasteiger partial charge is 0.497 e. The number of nitrogens with two attached hydrogens (primary N) is 2. The summed E-state index contributed by atoms with van der Waals surface area (Å²) in [7, 11) is -4.94. The molecular formula is C52H64Cl2N6O14S6. The molecule has 2 fully saturated rings. The van der Waals surface area contributed by atoms with Crippen LogP contribution in [0.3, 0.4) is 0 Å². The zero-order chi connectivity index (χ0) is 58.9. The molecule has 4 aromatic carbocycles. The monoisotopic (exact) mass is 1260 g/mol. The molecule has 4 unspecified atom stereocenters. The number of carboxylic acids is 2. The van der Waals surface area contributed by atoms with E-state index in [9.17, 15) is 55.8 Å². The van der Waals surface area contributed by atoms with Crippen molar-refractivity contribution in [1.82, 2.24) is 20.4 Å². The molecule has 0 radical (unpaired) electrons. The number of carboxylic acid groups (broad SMARTS) is 2. The minimum Gasteiger partial charge on any atom is -0.497 e. The summed E-state index contributed by atoms with van der Waals surface area (Å²) in [5.41, 5.74) is 2.42. The number of likely N-dealkylation sites (tertiary alicyclic amines) is 2. The van der Waals surface area contributed by atoms with Crippen LogP contribution in [-0.2, 0) is 50.7 Å². The highest BCUT2D eigenvalue weighted by molar-refractivity contribution is 8.00. The molecule has 2 heterocycles. The predicted octanol–water partition coefficient (Wildman–Crippen LogP) is 6.17. The number of carbonyl (C=O) groups excluding carboxylic acids is 4. The number of benzene rings is 4. The first-order chi connectivity index (χ1) is 37.8. The van der Waals surface area contributed by atoms with Gasteiger partial charge in [-0.1, -0.05) is 61.3 Å². The third-order valence-electron chi connectivity index (χ3n) is 12.6. The Labute approximate surface area is 493 Å². The average molecular weight is 1260 g/mol. The molecule has 28 heteroatoms. The summed E-state index contributed by atoms with van der Waals surface area (Å²) in [5.74, 6) is 1.02. The molecular weight excluding hydrogens is 1200 g/mol. The molecule has 0 aromatic heterocycles. The molecule has 0 saturated carbocycles. The Kier molecular flexibility index (Phi) is 25.5. The van der Waals surface area contributed by atoms with E-state index in [1.165, 1.54) is 57.6 Å². The summed E-state index contributed by atoms with van der Waals surface area (Å²) in [6.45, 7) is 4.79. The minimum absolute atomic E-state index is 0.0759. The van der Waals surface area contributed by atoms with Gasteiger partial charge in [-0.05, 0) is 84.6 Å². The van der Waals surface area contributed by atoms with Gasteiger partial charge in [0.05, 0.1) is 24.3 Å². The predicted molar refractivity (Wildman–Crippen MR) is 315 cm³/mol. The molecule has 2 aliphatic heterocycles. The Bertz CT molecular complexity index is 2850. The quantitative estimate of drug-likeness (QED) is 0.0383. The zero-order valence-corrected chi connectivity index (χ0v) is 50.5. The van der Waals surface area contributed by atoms with E-state index in [0.29, 0.717) is 48.9 Å². The third kappa shape index (κ3) is 19.6. The molecule has 4 amide bonds. The number of methoxy groups -OCH3 is 2. The maximum Gasteiger partial charge on any atom is 0.326 e. The number of nitrogens with one attached hydrogen (secondary N) is 2. The van der Waals surface area contributed by atoms with E-state index >= 15 is 0 Å². The maximum absolute atomic E-state index is 13.1. The molecule has 6 rings (SSSR count). The summed E-state index contributed by atoms with van der Waals surface area (Å²) < 4.78 is 56.9. The molecule has 0 spiro atoms. The van der Waals surface area contributed by atoms with Crippen LogP contribution in [0.2, 0.25) is 10.0 Å². The van der Waals surface area contributed by atoms with Gasteiger partial charge in [0.15, 0.2) is 0 Å². The van der Waals surface area contributed by atoms with Gasteiger partial charge in [-0.3, -0.25) is 19.2 Å². The molecule has 8 N–H and O–H groups in total. The number of thioether (sulfide) groups is 4. The number of sulfonamides is 2. The standard InChI is InChI=1S/2C26H32ClN3O7S3/c2*1-16(14-38-15-17-3-6-19(37-2)7-4-17)25(32)30-13-20(12-22(30)26(33)34)39-10-9-29-24(31)18-5-8-21(27)23(11-18)40(28,35)36/h2*3-8,11,16,20,22H,9-10,12-15H2,1-2H3,(H,29,31)(H,33,34)(H2,28,35,36)/t2*16?,20?,22-/m00/s1. The summed E-state index contributed by atoms with van der Waals surface area (Å²) in [6, 6.07) is 21.3. The van der Waals surface area contributed by atoms with E-state index in [2.05, 4.69) is 10.6 Å². The van der Waals surface area contributed by atoms with Crippen LogP contribution < -0.4 is 30.4 Å². The maximum atomic E-state index is 13.1. The fraction of sp³-hybridized carbons (Fsp3) is 0.423. The summed E-state index contributed by atoms with van der Waals surface area (Å²) in [5, 5.41) is 34.8. The van der Waals surface area contributed by atoms with Crippen molar-refractivity contribution in [3.8, 4) is 11.5 Å². The first-order valence-corrected chi connectivity index (χ1v) is 33.0. The van der Waals surface area contributed by atoms with Crippen LogP contribution in [0.5, 0.6) is 11.5 Å². The van der Waals surface area contributed by atoms with Crippen molar-refractivity contribution in [3.05, 3.63) is 117 Å². The molecule has 0 aliphatic carbocycles. The molecule has 4 aromatic rings. The second kappa shape index (κ2) is 31.0. The lowest BCUT2D eigenvalue weighted by atomic mass is 10.1. The second-order valence-electron chi connectivity index (χ2n) is 18.6. The number of amides is 4. The average Bonchev–Trinajstić information content (AvgIpc) is 4.09.